The van der Waals surface area contributed by atoms with Crippen molar-refractivity contribution in [2.45, 2.75) is 25.8 Å². The fraction of sp³-hybridized carbons (Fsp3) is 0.333. The number of hydrogen-bond donors (Lipinski definition) is 1. The van der Waals surface area contributed by atoms with Crippen LogP contribution in [0.5, 0.6) is 5.75 Å². The van der Waals surface area contributed by atoms with Gasteiger partial charge in [-0.2, -0.15) is 0 Å². The molecular weight excluding hydrogens is 364 g/mol. The highest BCUT2D eigenvalue weighted by Crippen LogP contribution is 2.25. The van der Waals surface area contributed by atoms with Gasteiger partial charge >= 0.3 is 0 Å². The summed E-state index contributed by atoms with van der Waals surface area (Å²) in [5, 5.41) is 3.09. The SMILES string of the molecule is COc1ccccc1C(C)NC(=O)C1CCN(C(=O)/C=C/c2ccccc2)CC1. The minimum Gasteiger partial charge on any atom is -0.496 e. The largest absolute Gasteiger partial charge is 0.496 e. The predicted octanol–water partition coefficient (Wildman–Crippen LogP) is 3.82. The Morgan fingerprint density at radius 1 is 1.07 bits per heavy atom. The normalized spacial score (nSPS) is 15.9. The second kappa shape index (κ2) is 9.92. The van der Waals surface area contributed by atoms with Gasteiger partial charge in [0.25, 0.3) is 0 Å². The number of rotatable bonds is 6. The van der Waals surface area contributed by atoms with Crippen LogP contribution in [0.1, 0.15) is 36.9 Å². The summed E-state index contributed by atoms with van der Waals surface area (Å²) in [6.45, 7) is 3.15. The number of hydrogen-bond acceptors (Lipinski definition) is 3. The standard InChI is InChI=1S/C24H28N2O3/c1-18(21-10-6-7-11-22(21)29-2)25-24(28)20-14-16-26(17-15-20)23(27)13-12-19-8-4-3-5-9-19/h3-13,18,20H,14-17H2,1-2H3,(H,25,28)/b13-12+. The zero-order valence-electron chi connectivity index (χ0n) is 17.0. The van der Waals surface area contributed by atoms with Crippen LogP contribution in [0.3, 0.4) is 0 Å². The molecule has 1 unspecified atom stereocenters. The molecule has 2 amide bonds. The molecule has 0 aromatic heterocycles. The van der Waals surface area contributed by atoms with E-state index in [2.05, 4.69) is 5.32 Å². The molecule has 152 valence electrons. The first-order valence-corrected chi connectivity index (χ1v) is 10.0. The third-order valence-corrected chi connectivity index (χ3v) is 5.36. The fourth-order valence-electron chi connectivity index (χ4n) is 3.63. The summed E-state index contributed by atoms with van der Waals surface area (Å²) in [5.74, 6) is 0.727. The van der Waals surface area contributed by atoms with Crippen molar-refractivity contribution in [3.05, 3.63) is 71.8 Å². The number of likely N-dealkylation sites (tertiary alicyclic amines) is 1. The number of nitrogens with one attached hydrogen (secondary N) is 1. The molecule has 2 aromatic carbocycles. The number of carbonyl (C=O) groups excluding carboxylic acids is 2. The van der Waals surface area contributed by atoms with Crippen LogP contribution >= 0.6 is 0 Å². The van der Waals surface area contributed by atoms with E-state index < -0.39 is 0 Å². The van der Waals surface area contributed by atoms with Gasteiger partial charge in [0, 0.05) is 30.6 Å². The van der Waals surface area contributed by atoms with Crippen molar-refractivity contribution in [2.75, 3.05) is 20.2 Å². The van der Waals surface area contributed by atoms with Gasteiger partial charge in [0.05, 0.1) is 13.2 Å². The monoisotopic (exact) mass is 392 g/mol. The second-order valence-corrected chi connectivity index (χ2v) is 7.32. The van der Waals surface area contributed by atoms with Crippen LogP contribution in [-0.4, -0.2) is 36.9 Å². The van der Waals surface area contributed by atoms with E-state index in [0.29, 0.717) is 25.9 Å². The van der Waals surface area contributed by atoms with E-state index in [4.69, 9.17) is 4.74 Å². The molecule has 0 spiro atoms. The van der Waals surface area contributed by atoms with Crippen LogP contribution in [0.25, 0.3) is 6.08 Å². The van der Waals surface area contributed by atoms with E-state index in [1.807, 2.05) is 72.5 Å². The van der Waals surface area contributed by atoms with Crippen LogP contribution in [0.15, 0.2) is 60.7 Å². The van der Waals surface area contributed by atoms with Crippen LogP contribution < -0.4 is 10.1 Å². The van der Waals surface area contributed by atoms with E-state index in [1.165, 1.54) is 0 Å². The molecule has 0 saturated carbocycles. The molecule has 1 atom stereocenters. The Kier molecular flexibility index (Phi) is 7.06. The molecule has 0 aliphatic carbocycles. The maximum atomic E-state index is 12.7. The molecule has 1 saturated heterocycles. The average molecular weight is 392 g/mol. The fourth-order valence-corrected chi connectivity index (χ4v) is 3.63. The predicted molar refractivity (Wildman–Crippen MR) is 114 cm³/mol. The van der Waals surface area contributed by atoms with Gasteiger partial charge in [0.2, 0.25) is 11.8 Å². The molecule has 1 aliphatic rings. The third kappa shape index (κ3) is 5.47. The van der Waals surface area contributed by atoms with E-state index in [1.54, 1.807) is 13.2 Å². The van der Waals surface area contributed by atoms with E-state index in [9.17, 15) is 9.59 Å². The topological polar surface area (TPSA) is 58.6 Å². The first-order valence-electron chi connectivity index (χ1n) is 10.0. The van der Waals surface area contributed by atoms with Gasteiger partial charge in [-0.05, 0) is 37.5 Å². The summed E-state index contributed by atoms with van der Waals surface area (Å²) in [7, 11) is 1.63. The third-order valence-electron chi connectivity index (χ3n) is 5.36. The van der Waals surface area contributed by atoms with Gasteiger partial charge in [0.15, 0.2) is 0 Å². The zero-order valence-corrected chi connectivity index (χ0v) is 17.0. The van der Waals surface area contributed by atoms with Gasteiger partial charge in [-0.1, -0.05) is 48.5 Å². The average Bonchev–Trinajstić information content (AvgIpc) is 2.78. The maximum absolute atomic E-state index is 12.7. The Balaban J connectivity index is 1.50. The van der Waals surface area contributed by atoms with Crippen molar-refractivity contribution in [1.82, 2.24) is 10.2 Å². The van der Waals surface area contributed by atoms with Gasteiger partial charge in [-0.25, -0.2) is 0 Å². The highest BCUT2D eigenvalue weighted by Gasteiger charge is 2.27. The number of ether oxygens (including phenoxy) is 1. The Morgan fingerprint density at radius 2 is 1.72 bits per heavy atom. The molecule has 29 heavy (non-hydrogen) atoms. The van der Waals surface area contributed by atoms with Crippen LogP contribution in [0, 0.1) is 5.92 Å². The minimum atomic E-state index is -0.132. The van der Waals surface area contributed by atoms with Crippen molar-refractivity contribution < 1.29 is 14.3 Å². The quantitative estimate of drug-likeness (QED) is 0.760. The van der Waals surface area contributed by atoms with Crippen LogP contribution in [-0.2, 0) is 9.59 Å². The van der Waals surface area contributed by atoms with Gasteiger partial charge in [-0.15, -0.1) is 0 Å². The lowest BCUT2D eigenvalue weighted by atomic mass is 9.95. The summed E-state index contributed by atoms with van der Waals surface area (Å²) < 4.78 is 5.39. The van der Waals surface area contributed by atoms with Crippen molar-refractivity contribution >= 4 is 17.9 Å². The number of nitrogens with zero attached hydrogens (tertiary/aromatic N) is 1. The zero-order chi connectivity index (χ0) is 20.6. The smallest absolute Gasteiger partial charge is 0.246 e. The van der Waals surface area contributed by atoms with Crippen molar-refractivity contribution in [3.8, 4) is 5.75 Å². The maximum Gasteiger partial charge on any atom is 0.246 e. The number of piperidine rings is 1. The molecule has 1 fully saturated rings. The first-order chi connectivity index (χ1) is 14.1. The number of benzene rings is 2. The Hall–Kier alpha value is -3.08. The van der Waals surface area contributed by atoms with Crippen molar-refractivity contribution in [3.63, 3.8) is 0 Å². The summed E-state index contributed by atoms with van der Waals surface area (Å²) >= 11 is 0. The Labute approximate surface area is 172 Å². The summed E-state index contributed by atoms with van der Waals surface area (Å²) in [6, 6.07) is 17.3. The first kappa shape index (κ1) is 20.6. The lowest BCUT2D eigenvalue weighted by molar-refractivity contribution is -0.132. The molecule has 3 rings (SSSR count). The van der Waals surface area contributed by atoms with Crippen molar-refractivity contribution in [2.24, 2.45) is 5.92 Å². The van der Waals surface area contributed by atoms with E-state index >= 15 is 0 Å². The number of carbonyl (C=O) groups is 2. The van der Waals surface area contributed by atoms with Crippen LogP contribution in [0.2, 0.25) is 0 Å². The lowest BCUT2D eigenvalue weighted by Crippen LogP contribution is -2.43. The molecule has 5 heteroatoms. The second-order valence-electron chi connectivity index (χ2n) is 7.32. The van der Waals surface area contributed by atoms with Gasteiger partial charge < -0.3 is 15.0 Å². The molecule has 1 heterocycles. The number of amides is 2. The lowest BCUT2D eigenvalue weighted by Gasteiger charge is -2.31. The van der Waals surface area contributed by atoms with Gasteiger partial charge in [0.1, 0.15) is 5.75 Å². The summed E-state index contributed by atoms with van der Waals surface area (Å²) in [4.78, 5) is 26.9. The highest BCUT2D eigenvalue weighted by atomic mass is 16.5. The highest BCUT2D eigenvalue weighted by molar-refractivity contribution is 5.92. The molecule has 5 nitrogen and oxygen atoms in total. The summed E-state index contributed by atoms with van der Waals surface area (Å²) in [5.41, 5.74) is 1.96. The molecule has 1 N–H and O–H groups in total. The van der Waals surface area contributed by atoms with Gasteiger partial charge in [-0.3, -0.25) is 9.59 Å². The summed E-state index contributed by atoms with van der Waals surface area (Å²) in [6.07, 6.45) is 4.79. The van der Waals surface area contributed by atoms with Crippen molar-refractivity contribution in [1.29, 1.82) is 0 Å². The van der Waals surface area contributed by atoms with E-state index in [0.717, 1.165) is 16.9 Å². The number of para-hydroxylation sites is 1. The molecular formula is C24H28N2O3. The van der Waals surface area contributed by atoms with E-state index in [-0.39, 0.29) is 23.8 Å². The minimum absolute atomic E-state index is 0.00454. The van der Waals surface area contributed by atoms with Crippen LogP contribution in [0.4, 0.5) is 0 Å². The number of methoxy groups -OCH3 is 1. The molecule has 0 bridgehead atoms. The molecule has 1 aliphatic heterocycles. The molecule has 2 aromatic rings. The molecule has 0 radical (unpaired) electrons. The Bertz CT molecular complexity index is 855. The Morgan fingerprint density at radius 3 is 2.41 bits per heavy atom.